The van der Waals surface area contributed by atoms with E-state index in [1.807, 2.05) is 0 Å². The first-order chi connectivity index (χ1) is 14.7. The SMILES string of the molecule is CCCCCCCCCCCCCCCC[PH](=O)CCNC(=O)OCCOCCO. The minimum Gasteiger partial charge on any atom is -0.447 e. The zero-order chi connectivity index (χ0) is 22.1. The Labute approximate surface area is 185 Å². The van der Waals surface area contributed by atoms with Gasteiger partial charge in [0, 0.05) is 12.7 Å². The van der Waals surface area contributed by atoms with E-state index in [2.05, 4.69) is 12.2 Å². The molecule has 0 heterocycles. The predicted molar refractivity (Wildman–Crippen MR) is 126 cm³/mol. The number of carbonyl (C=O) groups is 1. The van der Waals surface area contributed by atoms with Crippen molar-refractivity contribution in [1.82, 2.24) is 5.32 Å². The van der Waals surface area contributed by atoms with Gasteiger partial charge in [-0.3, -0.25) is 0 Å². The van der Waals surface area contributed by atoms with Gasteiger partial charge in [-0.05, 0) is 12.6 Å². The zero-order valence-electron chi connectivity index (χ0n) is 19.4. The van der Waals surface area contributed by atoms with Crippen molar-refractivity contribution in [3.8, 4) is 0 Å². The maximum Gasteiger partial charge on any atom is 0.407 e. The monoisotopic (exact) mass is 449 g/mol. The van der Waals surface area contributed by atoms with Crippen molar-refractivity contribution in [2.75, 3.05) is 45.3 Å². The molecular weight excluding hydrogens is 401 g/mol. The van der Waals surface area contributed by atoms with Crippen molar-refractivity contribution in [2.24, 2.45) is 0 Å². The Hall–Kier alpha value is -0.580. The number of rotatable bonds is 23. The largest absolute Gasteiger partial charge is 0.447 e. The summed E-state index contributed by atoms with van der Waals surface area (Å²) in [7, 11) is -1.61. The molecule has 0 aliphatic rings. The molecule has 0 rings (SSSR count). The Bertz CT molecular complexity index is 396. The molecule has 0 aliphatic carbocycles. The van der Waals surface area contributed by atoms with Crippen LogP contribution < -0.4 is 5.32 Å². The van der Waals surface area contributed by atoms with Crippen LogP contribution in [0.5, 0.6) is 0 Å². The molecule has 1 atom stereocenters. The van der Waals surface area contributed by atoms with E-state index in [1.165, 1.54) is 77.0 Å². The van der Waals surface area contributed by atoms with Crippen LogP contribution in [0.25, 0.3) is 0 Å². The van der Waals surface area contributed by atoms with E-state index >= 15 is 0 Å². The van der Waals surface area contributed by atoms with Gasteiger partial charge in [0.1, 0.15) is 6.61 Å². The van der Waals surface area contributed by atoms with Crippen molar-refractivity contribution in [3.05, 3.63) is 0 Å². The van der Waals surface area contributed by atoms with Crippen molar-refractivity contribution >= 4 is 13.9 Å². The van der Waals surface area contributed by atoms with Gasteiger partial charge in [0.15, 0.2) is 0 Å². The molecule has 1 amide bonds. The number of alkyl carbamates (subject to hydrolysis) is 1. The third-order valence-corrected chi connectivity index (χ3v) is 6.90. The number of carbonyl (C=O) groups excluding carboxylic acids is 1. The second kappa shape index (κ2) is 24.7. The van der Waals surface area contributed by atoms with Crippen LogP contribution in [0, 0.1) is 0 Å². The van der Waals surface area contributed by atoms with Crippen LogP contribution in [0.3, 0.4) is 0 Å². The summed E-state index contributed by atoms with van der Waals surface area (Å²) in [6.45, 7) is 3.28. The maximum atomic E-state index is 12.0. The molecule has 0 bridgehead atoms. The van der Waals surface area contributed by atoms with E-state index in [0.717, 1.165) is 19.0 Å². The van der Waals surface area contributed by atoms with Crippen molar-refractivity contribution in [2.45, 2.75) is 96.8 Å². The Morgan fingerprint density at radius 2 is 1.30 bits per heavy atom. The fraction of sp³-hybridized carbons (Fsp3) is 0.957. The summed E-state index contributed by atoms with van der Waals surface area (Å²) in [6.07, 6.45) is 19.4. The molecule has 0 aromatic rings. The Morgan fingerprint density at radius 3 is 1.83 bits per heavy atom. The minimum atomic E-state index is -1.61. The normalized spacial score (nSPS) is 12.1. The lowest BCUT2D eigenvalue weighted by Crippen LogP contribution is -2.27. The number of ether oxygens (including phenoxy) is 2. The predicted octanol–water partition coefficient (Wildman–Crippen LogP) is 5.76. The second-order valence-corrected chi connectivity index (χ2v) is 10.1. The van der Waals surface area contributed by atoms with Crippen LogP contribution in [-0.4, -0.2) is 56.5 Å². The van der Waals surface area contributed by atoms with Gasteiger partial charge in [-0.2, -0.15) is 0 Å². The molecule has 30 heavy (non-hydrogen) atoms. The first kappa shape index (κ1) is 29.4. The zero-order valence-corrected chi connectivity index (χ0v) is 20.4. The summed E-state index contributed by atoms with van der Waals surface area (Å²) in [5.41, 5.74) is 0. The van der Waals surface area contributed by atoms with Gasteiger partial charge in [0.05, 0.1) is 27.6 Å². The average molecular weight is 450 g/mol. The van der Waals surface area contributed by atoms with E-state index in [9.17, 15) is 9.36 Å². The molecular formula is C23H48NO5P. The number of nitrogens with one attached hydrogen (secondary N) is 1. The van der Waals surface area contributed by atoms with Gasteiger partial charge in [-0.25, -0.2) is 4.79 Å². The van der Waals surface area contributed by atoms with Crippen LogP contribution in [0.2, 0.25) is 0 Å². The number of hydrogen-bond acceptors (Lipinski definition) is 5. The fourth-order valence-corrected chi connectivity index (χ4v) is 4.65. The maximum absolute atomic E-state index is 12.0. The van der Waals surface area contributed by atoms with E-state index in [0.29, 0.717) is 12.7 Å². The van der Waals surface area contributed by atoms with Crippen molar-refractivity contribution in [1.29, 1.82) is 0 Å². The Kier molecular flexibility index (Phi) is 24.2. The number of aliphatic hydroxyl groups excluding tert-OH is 1. The molecule has 0 aliphatic heterocycles. The molecule has 0 saturated heterocycles. The highest BCUT2D eigenvalue weighted by Crippen LogP contribution is 2.22. The van der Waals surface area contributed by atoms with Gasteiger partial charge < -0.3 is 24.5 Å². The van der Waals surface area contributed by atoms with Crippen LogP contribution in [-0.2, 0) is 14.0 Å². The molecule has 0 spiro atoms. The second-order valence-electron chi connectivity index (χ2n) is 8.03. The van der Waals surface area contributed by atoms with Gasteiger partial charge in [0.2, 0.25) is 0 Å². The Balaban J connectivity index is 3.25. The van der Waals surface area contributed by atoms with Crippen LogP contribution in [0.1, 0.15) is 96.8 Å². The third kappa shape index (κ3) is 23.7. The van der Waals surface area contributed by atoms with E-state index in [-0.39, 0.29) is 26.4 Å². The molecule has 2 N–H and O–H groups in total. The van der Waals surface area contributed by atoms with Gasteiger partial charge in [-0.1, -0.05) is 90.4 Å². The highest BCUT2D eigenvalue weighted by atomic mass is 31.1. The first-order valence-corrected chi connectivity index (χ1v) is 14.1. The fourth-order valence-electron chi connectivity index (χ4n) is 3.36. The molecule has 0 saturated carbocycles. The summed E-state index contributed by atoms with van der Waals surface area (Å²) < 4.78 is 21.9. The molecule has 6 nitrogen and oxygen atoms in total. The summed E-state index contributed by atoms with van der Waals surface area (Å²) in [6, 6.07) is 0. The summed E-state index contributed by atoms with van der Waals surface area (Å²) in [5, 5.41) is 11.2. The Morgan fingerprint density at radius 1 is 0.767 bits per heavy atom. The highest BCUT2D eigenvalue weighted by Gasteiger charge is 2.04. The third-order valence-electron chi connectivity index (χ3n) is 5.18. The quantitative estimate of drug-likeness (QED) is 0.153. The lowest BCUT2D eigenvalue weighted by Gasteiger charge is -2.07. The molecule has 180 valence electrons. The molecule has 7 heteroatoms. The number of amides is 1. The molecule has 0 fully saturated rings. The van der Waals surface area contributed by atoms with Gasteiger partial charge in [0.25, 0.3) is 0 Å². The topological polar surface area (TPSA) is 84.9 Å². The van der Waals surface area contributed by atoms with E-state index in [4.69, 9.17) is 14.6 Å². The average Bonchev–Trinajstić information content (AvgIpc) is 2.74. The van der Waals surface area contributed by atoms with Gasteiger partial charge >= 0.3 is 6.09 Å². The molecule has 0 aromatic heterocycles. The smallest absolute Gasteiger partial charge is 0.407 e. The number of aliphatic hydroxyl groups is 1. The van der Waals surface area contributed by atoms with Crippen molar-refractivity contribution < 1.29 is 23.9 Å². The number of unbranched alkanes of at least 4 members (excludes halogenated alkanes) is 13. The van der Waals surface area contributed by atoms with Crippen LogP contribution >= 0.6 is 7.80 Å². The number of hydrogen-bond donors (Lipinski definition) is 2. The summed E-state index contributed by atoms with van der Waals surface area (Å²) in [5.74, 6) is 0. The minimum absolute atomic E-state index is 0.0419. The standard InChI is InChI=1S/C23H48NO5P/c1-2-3-4-5-6-7-8-9-10-11-12-13-14-15-21-30(27)22-16-24-23(26)29-20-19-28-18-17-25/h25,30H,2-22H2,1H3,(H,24,26). The molecule has 0 aromatic carbocycles. The highest BCUT2D eigenvalue weighted by molar-refractivity contribution is 7.44. The van der Waals surface area contributed by atoms with E-state index < -0.39 is 13.9 Å². The van der Waals surface area contributed by atoms with Crippen LogP contribution in [0.4, 0.5) is 4.79 Å². The molecule has 1 unspecified atom stereocenters. The lowest BCUT2D eigenvalue weighted by atomic mass is 10.0. The first-order valence-electron chi connectivity index (χ1n) is 12.3. The summed E-state index contributed by atoms with van der Waals surface area (Å²) >= 11 is 0. The van der Waals surface area contributed by atoms with Crippen molar-refractivity contribution in [3.63, 3.8) is 0 Å². The van der Waals surface area contributed by atoms with Gasteiger partial charge in [-0.15, -0.1) is 0 Å². The van der Waals surface area contributed by atoms with Crippen LogP contribution in [0.15, 0.2) is 0 Å². The lowest BCUT2D eigenvalue weighted by molar-refractivity contribution is 0.0538. The molecule has 0 radical (unpaired) electrons. The van der Waals surface area contributed by atoms with E-state index in [1.54, 1.807) is 0 Å². The summed E-state index contributed by atoms with van der Waals surface area (Å²) in [4.78, 5) is 11.4.